The Bertz CT molecular complexity index is 1060. The van der Waals surface area contributed by atoms with E-state index in [9.17, 15) is 24.1 Å². The predicted octanol–water partition coefficient (Wildman–Crippen LogP) is 5.61. The lowest BCUT2D eigenvalue weighted by molar-refractivity contribution is -0.133. The highest BCUT2D eigenvalue weighted by molar-refractivity contribution is 7.64. The normalized spacial score (nSPS) is 19.4. The van der Waals surface area contributed by atoms with E-state index in [2.05, 4.69) is 16.0 Å². The van der Waals surface area contributed by atoms with Crippen molar-refractivity contribution in [2.45, 2.75) is 129 Å². The zero-order chi connectivity index (χ0) is 31.4. The first kappa shape index (κ1) is 35.3. The summed E-state index contributed by atoms with van der Waals surface area (Å²) in [5.74, 6) is -1.62. The number of carbonyl (C=O) groups excluding carboxylic acids is 3. The molecule has 3 rings (SSSR count). The second-order valence-corrected chi connectivity index (χ2v) is 17.0. The molecule has 0 bridgehead atoms. The van der Waals surface area contributed by atoms with Crippen LogP contribution >= 0.6 is 7.14 Å². The quantitative estimate of drug-likeness (QED) is 0.180. The Morgan fingerprint density at radius 3 is 2.00 bits per heavy atom. The zero-order valence-electron chi connectivity index (χ0n) is 26.9. The first-order chi connectivity index (χ1) is 20.6. The Morgan fingerprint density at radius 1 is 0.837 bits per heavy atom. The van der Waals surface area contributed by atoms with E-state index in [0.717, 1.165) is 56.9 Å². The largest absolute Gasteiger partial charge is 0.383 e. The minimum absolute atomic E-state index is 0.0873. The van der Waals surface area contributed by atoms with E-state index in [4.69, 9.17) is 0 Å². The smallest absolute Gasteiger partial charge is 0.243 e. The summed E-state index contributed by atoms with van der Waals surface area (Å²) >= 11 is 0. The molecule has 43 heavy (non-hydrogen) atoms. The van der Waals surface area contributed by atoms with Crippen LogP contribution < -0.4 is 16.0 Å². The summed E-state index contributed by atoms with van der Waals surface area (Å²) in [4.78, 5) is 40.7. The van der Waals surface area contributed by atoms with Crippen molar-refractivity contribution in [3.63, 3.8) is 0 Å². The van der Waals surface area contributed by atoms with Crippen molar-refractivity contribution in [2.24, 2.45) is 17.8 Å². The van der Waals surface area contributed by atoms with E-state index >= 15 is 0 Å². The van der Waals surface area contributed by atoms with Crippen LogP contribution in [0.3, 0.4) is 0 Å². The number of rotatable bonds is 16. The van der Waals surface area contributed by atoms with Gasteiger partial charge in [-0.2, -0.15) is 0 Å². The van der Waals surface area contributed by atoms with Crippen LogP contribution in [0.25, 0.3) is 0 Å². The van der Waals surface area contributed by atoms with E-state index < -0.39 is 37.0 Å². The van der Waals surface area contributed by atoms with Gasteiger partial charge in [-0.25, -0.2) is 0 Å². The van der Waals surface area contributed by atoms with Crippen molar-refractivity contribution in [3.05, 3.63) is 35.9 Å². The summed E-state index contributed by atoms with van der Waals surface area (Å²) in [5, 5.41) is 20.4. The molecular weight excluding hydrogens is 561 g/mol. The molecule has 0 spiro atoms. The van der Waals surface area contributed by atoms with Crippen LogP contribution in [-0.2, 0) is 25.4 Å². The molecule has 2 aliphatic rings. The third-order valence-corrected chi connectivity index (χ3v) is 13.0. The summed E-state index contributed by atoms with van der Waals surface area (Å²) in [6.07, 6.45) is 11.2. The summed E-state index contributed by atoms with van der Waals surface area (Å²) in [5.41, 5.74) is 0.921. The van der Waals surface area contributed by atoms with Gasteiger partial charge in [-0.15, -0.1) is 0 Å². The SMILES string of the molecule is CCP(=O)(CC)[C@@H](O)[C@H](CC1CCCCC1)NC(=O)[C@H](CC(C)C)NC(=O)[C@H](Cc1ccccc1)NC(=O)C1CCCC1. The third kappa shape index (κ3) is 10.7. The van der Waals surface area contributed by atoms with Crippen LogP contribution in [0, 0.1) is 17.8 Å². The van der Waals surface area contributed by atoms with Gasteiger partial charge in [0.2, 0.25) is 17.7 Å². The Labute approximate surface area is 259 Å². The molecule has 0 saturated heterocycles. The number of hydrogen-bond acceptors (Lipinski definition) is 5. The van der Waals surface area contributed by atoms with Gasteiger partial charge in [0.05, 0.1) is 6.04 Å². The van der Waals surface area contributed by atoms with Gasteiger partial charge in [0.1, 0.15) is 25.1 Å². The molecule has 1 aromatic carbocycles. The number of benzene rings is 1. The molecule has 242 valence electrons. The maximum Gasteiger partial charge on any atom is 0.243 e. The third-order valence-electron chi connectivity index (χ3n) is 9.53. The number of carbonyl (C=O) groups is 3. The van der Waals surface area contributed by atoms with Gasteiger partial charge in [0.25, 0.3) is 0 Å². The maximum absolute atomic E-state index is 13.9. The standard InChI is InChI=1S/C34H56N3O5P/c1-5-43(42,6-2)34(41)30(23-26-17-11-8-12-18-26)37-32(39)28(21-24(3)4)36-33(40)29(22-25-15-9-7-10-16-25)35-31(38)27-19-13-14-20-27/h7,9-10,15-16,24,26-30,34,41H,5-6,8,11-14,17-23H2,1-4H3,(H,35,38)(H,36,40)(H,37,39)/t28-,29-,30-,34+/m0/s1. The van der Waals surface area contributed by atoms with Gasteiger partial charge in [-0.05, 0) is 43.1 Å². The molecule has 4 atom stereocenters. The molecule has 2 aliphatic carbocycles. The molecule has 0 radical (unpaired) electrons. The van der Waals surface area contributed by atoms with Crippen molar-refractivity contribution in [2.75, 3.05) is 12.3 Å². The van der Waals surface area contributed by atoms with Crippen LogP contribution in [0.4, 0.5) is 0 Å². The lowest BCUT2D eigenvalue weighted by Crippen LogP contribution is -2.57. The highest BCUT2D eigenvalue weighted by Crippen LogP contribution is 2.51. The molecular formula is C34H56N3O5P. The van der Waals surface area contributed by atoms with Crippen molar-refractivity contribution < 1.29 is 24.1 Å². The van der Waals surface area contributed by atoms with Crippen molar-refractivity contribution in [3.8, 4) is 0 Å². The van der Waals surface area contributed by atoms with Crippen LogP contribution in [0.15, 0.2) is 30.3 Å². The second-order valence-electron chi connectivity index (χ2n) is 13.3. The molecule has 2 saturated carbocycles. The van der Waals surface area contributed by atoms with Gasteiger partial charge in [-0.3, -0.25) is 14.4 Å². The van der Waals surface area contributed by atoms with Crippen LogP contribution in [-0.4, -0.2) is 59.1 Å². The van der Waals surface area contributed by atoms with E-state index in [1.54, 1.807) is 0 Å². The molecule has 0 aromatic heterocycles. The average molecular weight is 618 g/mol. The van der Waals surface area contributed by atoms with Crippen molar-refractivity contribution >= 4 is 24.9 Å². The first-order valence-corrected chi connectivity index (χ1v) is 18.9. The molecule has 0 unspecified atom stereocenters. The number of aliphatic hydroxyl groups excluding tert-OH is 1. The lowest BCUT2D eigenvalue weighted by atomic mass is 9.85. The number of amides is 3. The molecule has 0 aliphatic heterocycles. The zero-order valence-corrected chi connectivity index (χ0v) is 27.7. The van der Waals surface area contributed by atoms with E-state index in [1.807, 2.05) is 58.0 Å². The van der Waals surface area contributed by atoms with Gasteiger partial charge >= 0.3 is 0 Å². The lowest BCUT2D eigenvalue weighted by Gasteiger charge is -2.34. The Kier molecular flexibility index (Phi) is 14.2. The van der Waals surface area contributed by atoms with Gasteiger partial charge in [-0.1, -0.05) is 103 Å². The van der Waals surface area contributed by atoms with Crippen LogP contribution in [0.2, 0.25) is 0 Å². The highest BCUT2D eigenvalue weighted by Gasteiger charge is 2.38. The molecule has 3 amide bonds. The van der Waals surface area contributed by atoms with Crippen molar-refractivity contribution in [1.82, 2.24) is 16.0 Å². The summed E-state index contributed by atoms with van der Waals surface area (Å²) in [6, 6.07) is 7.26. The van der Waals surface area contributed by atoms with Crippen LogP contribution in [0.1, 0.15) is 104 Å². The van der Waals surface area contributed by atoms with E-state index in [-0.39, 0.29) is 23.7 Å². The second kappa shape index (κ2) is 17.3. The fourth-order valence-corrected chi connectivity index (χ4v) is 8.81. The van der Waals surface area contributed by atoms with Gasteiger partial charge < -0.3 is 25.6 Å². The molecule has 0 heterocycles. The topological polar surface area (TPSA) is 125 Å². The predicted molar refractivity (Wildman–Crippen MR) is 173 cm³/mol. The van der Waals surface area contributed by atoms with Crippen LogP contribution in [0.5, 0.6) is 0 Å². The number of aliphatic hydroxyl groups is 1. The molecule has 2 fully saturated rings. The Balaban J connectivity index is 1.80. The fraction of sp³-hybridized carbons (Fsp3) is 0.735. The fourth-order valence-electron chi connectivity index (χ4n) is 6.76. The maximum atomic E-state index is 13.9. The monoisotopic (exact) mass is 617 g/mol. The summed E-state index contributed by atoms with van der Waals surface area (Å²) in [7, 11) is -2.91. The Morgan fingerprint density at radius 2 is 1.42 bits per heavy atom. The minimum atomic E-state index is -2.91. The minimum Gasteiger partial charge on any atom is -0.383 e. The average Bonchev–Trinajstić information content (AvgIpc) is 3.55. The highest BCUT2D eigenvalue weighted by atomic mass is 31.2. The number of hydrogen-bond donors (Lipinski definition) is 4. The Hall–Kier alpha value is -2.18. The first-order valence-electron chi connectivity index (χ1n) is 16.8. The van der Waals surface area contributed by atoms with E-state index in [0.29, 0.717) is 37.5 Å². The van der Waals surface area contributed by atoms with Gasteiger partial charge in [0, 0.05) is 24.7 Å². The summed E-state index contributed by atoms with van der Waals surface area (Å²) in [6.45, 7) is 7.65. The number of nitrogens with one attached hydrogen (secondary N) is 3. The van der Waals surface area contributed by atoms with E-state index in [1.165, 1.54) is 6.42 Å². The molecule has 8 nitrogen and oxygen atoms in total. The molecule has 1 aromatic rings. The van der Waals surface area contributed by atoms with Gasteiger partial charge in [0.15, 0.2) is 0 Å². The molecule has 4 N–H and O–H groups in total. The molecule has 9 heteroatoms. The van der Waals surface area contributed by atoms with Crippen molar-refractivity contribution in [1.29, 1.82) is 0 Å². The summed E-state index contributed by atoms with van der Waals surface area (Å²) < 4.78 is 13.6.